The lowest BCUT2D eigenvalue weighted by molar-refractivity contribution is -0.896. The summed E-state index contributed by atoms with van der Waals surface area (Å²) in [7, 11) is 5.99. The van der Waals surface area contributed by atoms with Crippen LogP contribution in [0.25, 0.3) is 0 Å². The van der Waals surface area contributed by atoms with Crippen LogP contribution in [0.2, 0.25) is 0 Å². The molecule has 0 heterocycles. The van der Waals surface area contributed by atoms with E-state index >= 15 is 0 Å². The minimum atomic E-state index is -0.745. The Labute approximate surface area is 61.6 Å². The largest absolute Gasteiger partial charge is 0.372 e. The normalized spacial score (nSPS) is 19.3. The number of rotatable bonds is 2. The Morgan fingerprint density at radius 1 is 1.33 bits per heavy atom. The number of aliphatic hydroxyl groups is 1. The van der Waals surface area contributed by atoms with Crippen LogP contribution in [0.15, 0.2) is 0 Å². The molecule has 0 aliphatic carbocycles. The predicted molar refractivity (Wildman–Crippen MR) is 39.4 cm³/mol. The first kappa shape index (κ1) is 9.21. The van der Waals surface area contributed by atoms with Gasteiger partial charge in [-0.25, -0.2) is 0 Å². The Hall–Kier alpha value is 0.210. The molecule has 0 saturated heterocycles. The molecule has 0 aliphatic rings. The molecule has 2 unspecified atom stereocenters. The smallest absolute Gasteiger partial charge is 0.179 e. The van der Waals surface area contributed by atoms with Crippen molar-refractivity contribution in [2.75, 3.05) is 21.1 Å². The minimum Gasteiger partial charge on any atom is -0.372 e. The highest BCUT2D eigenvalue weighted by molar-refractivity contribution is 6.19. The van der Waals surface area contributed by atoms with Crippen molar-refractivity contribution >= 4 is 11.6 Å². The third-order valence-corrected chi connectivity index (χ3v) is 1.98. The minimum absolute atomic E-state index is 0.0756. The first-order valence-corrected chi connectivity index (χ1v) is 3.42. The summed E-state index contributed by atoms with van der Waals surface area (Å²) in [4.78, 5) is 0. The quantitative estimate of drug-likeness (QED) is 0.455. The van der Waals surface area contributed by atoms with Gasteiger partial charge in [-0.1, -0.05) is 11.6 Å². The molecule has 0 amide bonds. The summed E-state index contributed by atoms with van der Waals surface area (Å²) in [6.07, 6.45) is 0. The molecule has 0 spiro atoms. The first-order chi connectivity index (χ1) is 3.85. The van der Waals surface area contributed by atoms with Crippen molar-refractivity contribution < 1.29 is 9.59 Å². The second-order valence-corrected chi connectivity index (χ2v) is 3.68. The molecule has 0 saturated carbocycles. The summed E-state index contributed by atoms with van der Waals surface area (Å²) in [6, 6.07) is 0.0756. The number of aliphatic hydroxyl groups excluding tert-OH is 1. The molecule has 0 fully saturated rings. The van der Waals surface area contributed by atoms with E-state index in [4.69, 9.17) is 16.7 Å². The number of quaternary nitrogens is 1. The zero-order chi connectivity index (χ0) is 7.65. The van der Waals surface area contributed by atoms with Crippen molar-refractivity contribution in [3.8, 4) is 0 Å². The van der Waals surface area contributed by atoms with Gasteiger partial charge in [-0.05, 0) is 6.92 Å². The van der Waals surface area contributed by atoms with E-state index in [9.17, 15) is 0 Å². The van der Waals surface area contributed by atoms with E-state index in [1.165, 1.54) is 0 Å². The maximum absolute atomic E-state index is 8.91. The molecule has 0 rings (SSSR count). The zero-order valence-electron chi connectivity index (χ0n) is 6.43. The van der Waals surface area contributed by atoms with Gasteiger partial charge in [0.1, 0.15) is 6.04 Å². The van der Waals surface area contributed by atoms with E-state index < -0.39 is 5.56 Å². The number of halogens is 1. The molecule has 0 aromatic carbocycles. The van der Waals surface area contributed by atoms with E-state index in [1.807, 2.05) is 28.1 Å². The average molecular weight is 153 g/mol. The maximum Gasteiger partial charge on any atom is 0.179 e. The van der Waals surface area contributed by atoms with Crippen LogP contribution in [0.1, 0.15) is 6.92 Å². The van der Waals surface area contributed by atoms with Gasteiger partial charge in [0, 0.05) is 0 Å². The van der Waals surface area contributed by atoms with Gasteiger partial charge in [-0.3, -0.25) is 0 Å². The highest BCUT2D eigenvalue weighted by atomic mass is 35.5. The van der Waals surface area contributed by atoms with Gasteiger partial charge in [0.15, 0.2) is 5.56 Å². The van der Waals surface area contributed by atoms with Crippen LogP contribution in [0.5, 0.6) is 0 Å². The Bertz CT molecular complexity index is 87.5. The second kappa shape index (κ2) is 2.86. The molecule has 3 heteroatoms. The van der Waals surface area contributed by atoms with Crippen LogP contribution >= 0.6 is 11.6 Å². The van der Waals surface area contributed by atoms with Gasteiger partial charge in [-0.2, -0.15) is 0 Å². The van der Waals surface area contributed by atoms with Gasteiger partial charge < -0.3 is 9.59 Å². The highest BCUT2D eigenvalue weighted by Crippen LogP contribution is 2.09. The highest BCUT2D eigenvalue weighted by Gasteiger charge is 2.24. The van der Waals surface area contributed by atoms with Gasteiger partial charge in [0.25, 0.3) is 0 Å². The lowest BCUT2D eigenvalue weighted by atomic mass is 10.3. The number of hydrogen-bond acceptors (Lipinski definition) is 1. The number of alkyl halides is 1. The van der Waals surface area contributed by atoms with Crippen molar-refractivity contribution in [1.29, 1.82) is 0 Å². The van der Waals surface area contributed by atoms with Crippen LogP contribution < -0.4 is 0 Å². The summed E-state index contributed by atoms with van der Waals surface area (Å²) in [5.74, 6) is 0. The summed E-state index contributed by atoms with van der Waals surface area (Å²) < 4.78 is 0.685. The fraction of sp³-hybridized carbons (Fsp3) is 1.00. The summed E-state index contributed by atoms with van der Waals surface area (Å²) in [5.41, 5.74) is -0.745. The summed E-state index contributed by atoms with van der Waals surface area (Å²) in [6.45, 7) is 1.91. The fourth-order valence-corrected chi connectivity index (χ4v) is 0.707. The molecule has 2 atom stereocenters. The molecule has 0 bridgehead atoms. The van der Waals surface area contributed by atoms with Crippen LogP contribution in [0, 0.1) is 0 Å². The first-order valence-electron chi connectivity index (χ1n) is 2.99. The monoisotopic (exact) mass is 152 g/mol. The molecular formula is C6H15ClNO+. The van der Waals surface area contributed by atoms with Crippen LogP contribution in [-0.2, 0) is 0 Å². The Morgan fingerprint density at radius 3 is 1.67 bits per heavy atom. The van der Waals surface area contributed by atoms with Crippen LogP contribution in [0.3, 0.4) is 0 Å². The van der Waals surface area contributed by atoms with Crippen molar-refractivity contribution in [3.63, 3.8) is 0 Å². The molecule has 0 radical (unpaired) electrons. The second-order valence-electron chi connectivity index (χ2n) is 3.23. The SMILES string of the molecule is CC(C(O)Cl)[N+](C)(C)C. The summed E-state index contributed by atoms with van der Waals surface area (Å²) in [5, 5.41) is 8.91. The van der Waals surface area contributed by atoms with Crippen molar-refractivity contribution in [2.24, 2.45) is 0 Å². The average Bonchev–Trinajstić information content (AvgIpc) is 1.62. The van der Waals surface area contributed by atoms with Gasteiger partial charge in [0.05, 0.1) is 21.1 Å². The van der Waals surface area contributed by atoms with E-state index in [2.05, 4.69) is 0 Å². The molecule has 56 valence electrons. The lowest BCUT2D eigenvalue weighted by Crippen LogP contribution is -2.48. The van der Waals surface area contributed by atoms with Crippen LogP contribution in [0.4, 0.5) is 0 Å². The maximum atomic E-state index is 8.91. The standard InChI is InChI=1S/C6H15ClNO/c1-5(6(7)9)8(2,3)4/h5-6,9H,1-4H3/q+1. The van der Waals surface area contributed by atoms with Crippen LogP contribution in [-0.4, -0.2) is 42.3 Å². The lowest BCUT2D eigenvalue weighted by Gasteiger charge is -2.32. The van der Waals surface area contributed by atoms with Crippen molar-refractivity contribution in [3.05, 3.63) is 0 Å². The van der Waals surface area contributed by atoms with Crippen molar-refractivity contribution in [2.45, 2.75) is 18.5 Å². The molecule has 0 aromatic heterocycles. The topological polar surface area (TPSA) is 20.2 Å². The van der Waals surface area contributed by atoms with Gasteiger partial charge in [0.2, 0.25) is 0 Å². The third-order valence-electron chi connectivity index (χ3n) is 1.62. The molecule has 0 aromatic rings. The Balaban J connectivity index is 3.88. The van der Waals surface area contributed by atoms with E-state index in [0.717, 1.165) is 0 Å². The van der Waals surface area contributed by atoms with Gasteiger partial charge >= 0.3 is 0 Å². The Kier molecular flexibility index (Phi) is 2.93. The van der Waals surface area contributed by atoms with E-state index in [-0.39, 0.29) is 6.04 Å². The Morgan fingerprint density at radius 2 is 1.67 bits per heavy atom. The van der Waals surface area contributed by atoms with Gasteiger partial charge in [-0.15, -0.1) is 0 Å². The molecule has 1 N–H and O–H groups in total. The van der Waals surface area contributed by atoms with E-state index in [0.29, 0.717) is 4.48 Å². The molecule has 2 nitrogen and oxygen atoms in total. The fourth-order valence-electron chi connectivity index (χ4n) is 0.369. The molecular weight excluding hydrogens is 138 g/mol. The number of nitrogens with zero attached hydrogens (tertiary/aromatic N) is 1. The molecule has 9 heavy (non-hydrogen) atoms. The third kappa shape index (κ3) is 3.04. The van der Waals surface area contributed by atoms with Crippen molar-refractivity contribution in [1.82, 2.24) is 0 Å². The number of likely N-dealkylation sites (N-methyl/N-ethyl adjacent to an activating group) is 1. The molecule has 0 aliphatic heterocycles. The predicted octanol–water partition coefficient (Wildman–Crippen LogP) is 0.638. The number of hydrogen-bond donors (Lipinski definition) is 1. The summed E-state index contributed by atoms with van der Waals surface area (Å²) >= 11 is 5.45. The zero-order valence-corrected chi connectivity index (χ0v) is 7.18. The van der Waals surface area contributed by atoms with E-state index in [1.54, 1.807) is 0 Å².